The molecule has 0 radical (unpaired) electrons. The summed E-state index contributed by atoms with van der Waals surface area (Å²) in [5.74, 6) is -2.70. The minimum Gasteiger partial charge on any atom is -0.377 e. The van der Waals surface area contributed by atoms with Gasteiger partial charge >= 0.3 is 12.1 Å². The van der Waals surface area contributed by atoms with Crippen LogP contribution in [0.4, 0.5) is 30.7 Å². The third-order valence-electron chi connectivity index (χ3n) is 6.72. The van der Waals surface area contributed by atoms with Crippen molar-refractivity contribution in [3.8, 4) is 11.8 Å². The lowest BCUT2D eigenvalue weighted by atomic mass is 9.61. The molecule has 0 saturated heterocycles. The van der Waals surface area contributed by atoms with Gasteiger partial charge in [-0.1, -0.05) is 11.8 Å². The highest BCUT2D eigenvalue weighted by Gasteiger charge is 2.62. The molecule has 3 atom stereocenters. The van der Waals surface area contributed by atoms with E-state index in [2.05, 4.69) is 32.4 Å². The van der Waals surface area contributed by atoms with Gasteiger partial charge < -0.3 is 5.11 Å². The Kier molecular flexibility index (Phi) is 6.84. The van der Waals surface area contributed by atoms with Crippen LogP contribution in [-0.2, 0) is 18.9 Å². The summed E-state index contributed by atoms with van der Waals surface area (Å²) in [7, 11) is 0. The van der Waals surface area contributed by atoms with Gasteiger partial charge in [-0.2, -0.15) is 22.0 Å². The summed E-state index contributed by atoms with van der Waals surface area (Å²) in [4.78, 5) is 4.18. The Bertz CT molecular complexity index is 1490. The molecular formula is C25H18F7N5OS. The number of aliphatic hydroxyl groups is 1. The first-order valence-electron chi connectivity index (χ1n) is 11.6. The van der Waals surface area contributed by atoms with Crippen molar-refractivity contribution in [2.45, 2.75) is 43.5 Å². The number of aromatic nitrogens is 5. The molecule has 204 valence electrons. The number of fused-ring (bicyclic) bond motifs is 1. The number of pyridine rings is 1. The molecule has 2 unspecified atom stereocenters. The number of nitrogens with zero attached hydrogens (tertiary/aromatic N) is 5. The van der Waals surface area contributed by atoms with Gasteiger partial charge in [0, 0.05) is 34.2 Å². The highest BCUT2D eigenvalue weighted by Crippen LogP contribution is 2.56. The normalized spacial score (nSPS) is 20.9. The lowest BCUT2D eigenvalue weighted by molar-refractivity contribution is -0.186. The number of rotatable bonds is 6. The van der Waals surface area contributed by atoms with Gasteiger partial charge in [-0.05, 0) is 53.5 Å². The molecule has 0 spiro atoms. The van der Waals surface area contributed by atoms with Gasteiger partial charge in [0.05, 0.1) is 17.8 Å². The zero-order chi connectivity index (χ0) is 28.0. The Labute approximate surface area is 220 Å². The summed E-state index contributed by atoms with van der Waals surface area (Å²) in [6.07, 6.45) is -2.40. The van der Waals surface area contributed by atoms with E-state index in [1.807, 2.05) is 0 Å². The number of hydrogen-bond acceptors (Lipinski definition) is 6. The van der Waals surface area contributed by atoms with Crippen LogP contribution in [0.2, 0.25) is 0 Å². The second-order valence-corrected chi connectivity index (χ2v) is 10.4. The SMILES string of the molecule is OC(Cn1cnnn1)(C1=C(F)C=C(F)C2CC[C@@H]12)C(F)(F)c1ccc(C#Cc2ccc(CC(F)(F)F)s2)cn1. The van der Waals surface area contributed by atoms with Crippen molar-refractivity contribution in [1.82, 2.24) is 25.2 Å². The van der Waals surface area contributed by atoms with E-state index in [0.717, 1.165) is 34.6 Å². The van der Waals surface area contributed by atoms with Crippen LogP contribution in [0, 0.1) is 23.7 Å². The van der Waals surface area contributed by atoms with Gasteiger partial charge in [-0.15, -0.1) is 16.4 Å². The van der Waals surface area contributed by atoms with E-state index < -0.39 is 65.4 Å². The monoisotopic (exact) mass is 569 g/mol. The molecule has 0 aliphatic heterocycles. The highest BCUT2D eigenvalue weighted by molar-refractivity contribution is 7.12. The molecule has 0 amide bonds. The third-order valence-corrected chi connectivity index (χ3v) is 7.72. The molecule has 1 saturated carbocycles. The van der Waals surface area contributed by atoms with E-state index in [4.69, 9.17) is 0 Å². The number of allylic oxidation sites excluding steroid dienone is 3. The first-order chi connectivity index (χ1) is 18.4. The smallest absolute Gasteiger partial charge is 0.377 e. The fraction of sp³-hybridized carbons (Fsp3) is 0.360. The second-order valence-electron chi connectivity index (χ2n) is 9.26. The molecular weight excluding hydrogens is 551 g/mol. The lowest BCUT2D eigenvalue weighted by Crippen LogP contribution is -2.55. The first-order valence-corrected chi connectivity index (χ1v) is 12.4. The molecule has 3 aromatic rings. The quantitative estimate of drug-likeness (QED) is 0.323. The topological polar surface area (TPSA) is 76.7 Å². The van der Waals surface area contributed by atoms with Gasteiger partial charge in [0.15, 0.2) is 5.60 Å². The summed E-state index contributed by atoms with van der Waals surface area (Å²) in [5.41, 5.74) is -4.56. The number of hydrogen-bond donors (Lipinski definition) is 1. The van der Waals surface area contributed by atoms with Crippen molar-refractivity contribution in [3.63, 3.8) is 0 Å². The van der Waals surface area contributed by atoms with Crippen LogP contribution >= 0.6 is 11.3 Å². The Hall–Kier alpha value is -3.57. The molecule has 0 bridgehead atoms. The van der Waals surface area contributed by atoms with Crippen molar-refractivity contribution in [2.75, 3.05) is 0 Å². The summed E-state index contributed by atoms with van der Waals surface area (Å²) in [6, 6.07) is 4.84. The molecule has 1 N–H and O–H groups in total. The molecule has 1 fully saturated rings. The number of alkyl halides is 5. The predicted octanol–water partition coefficient (Wildman–Crippen LogP) is 5.27. The minimum absolute atomic E-state index is 0.0782. The summed E-state index contributed by atoms with van der Waals surface area (Å²) in [5, 5.41) is 21.8. The molecule has 0 aromatic carbocycles. The van der Waals surface area contributed by atoms with Crippen molar-refractivity contribution in [3.05, 3.63) is 81.1 Å². The van der Waals surface area contributed by atoms with Crippen LogP contribution in [0.15, 0.2) is 60.1 Å². The van der Waals surface area contributed by atoms with Gasteiger partial charge in [0.1, 0.15) is 23.7 Å². The van der Waals surface area contributed by atoms with E-state index >= 15 is 13.2 Å². The van der Waals surface area contributed by atoms with Crippen LogP contribution in [0.3, 0.4) is 0 Å². The van der Waals surface area contributed by atoms with Crippen molar-refractivity contribution < 1.29 is 35.8 Å². The second kappa shape index (κ2) is 9.87. The average Bonchev–Trinajstić information content (AvgIpc) is 3.50. The molecule has 3 heterocycles. The Morgan fingerprint density at radius 1 is 1.03 bits per heavy atom. The molecule has 39 heavy (non-hydrogen) atoms. The van der Waals surface area contributed by atoms with Gasteiger partial charge in [0.2, 0.25) is 0 Å². The predicted molar refractivity (Wildman–Crippen MR) is 124 cm³/mol. The molecule has 2 aliphatic carbocycles. The molecule has 6 nitrogen and oxygen atoms in total. The maximum Gasteiger partial charge on any atom is 0.393 e. The average molecular weight is 570 g/mol. The van der Waals surface area contributed by atoms with Gasteiger partial charge in [0.25, 0.3) is 0 Å². The Morgan fingerprint density at radius 2 is 1.79 bits per heavy atom. The highest BCUT2D eigenvalue weighted by atomic mass is 32.1. The minimum atomic E-state index is -4.35. The largest absolute Gasteiger partial charge is 0.393 e. The van der Waals surface area contributed by atoms with E-state index in [9.17, 15) is 22.7 Å². The van der Waals surface area contributed by atoms with Gasteiger partial charge in [-0.25, -0.2) is 13.5 Å². The van der Waals surface area contributed by atoms with Crippen LogP contribution < -0.4 is 0 Å². The molecule has 2 aliphatic rings. The van der Waals surface area contributed by atoms with Crippen LogP contribution in [0.25, 0.3) is 0 Å². The van der Waals surface area contributed by atoms with Crippen LogP contribution in [0.5, 0.6) is 0 Å². The number of halogens is 7. The standard InChI is InChI=1S/C25H18F7N5OS/c26-19-9-20(27)22(18-7-6-17(18)19)23(38,12-37-13-34-35-36-37)25(31,32)21-8-2-14(11-33-21)1-3-15-4-5-16(39-15)10-24(28,29)30/h2,4-5,8-9,11,13,17-18,38H,6-7,10,12H2/t17?,18-,23?/m1/s1. The zero-order valence-electron chi connectivity index (χ0n) is 19.8. The van der Waals surface area contributed by atoms with E-state index in [1.54, 1.807) is 0 Å². The van der Waals surface area contributed by atoms with Crippen molar-refractivity contribution in [2.24, 2.45) is 11.8 Å². The van der Waals surface area contributed by atoms with Gasteiger partial charge in [-0.3, -0.25) is 4.98 Å². The maximum absolute atomic E-state index is 16.1. The first kappa shape index (κ1) is 27.0. The summed E-state index contributed by atoms with van der Waals surface area (Å²) >= 11 is 0.856. The summed E-state index contributed by atoms with van der Waals surface area (Å²) in [6.45, 7) is -0.934. The summed E-state index contributed by atoms with van der Waals surface area (Å²) < 4.78 is 99.9. The molecule has 5 rings (SSSR count). The van der Waals surface area contributed by atoms with Crippen molar-refractivity contribution in [1.29, 1.82) is 0 Å². The maximum atomic E-state index is 16.1. The Morgan fingerprint density at radius 3 is 2.41 bits per heavy atom. The van der Waals surface area contributed by atoms with Crippen LogP contribution in [0.1, 0.15) is 33.9 Å². The molecule has 14 heteroatoms. The molecule has 3 aromatic heterocycles. The van der Waals surface area contributed by atoms with E-state index in [1.165, 1.54) is 18.2 Å². The van der Waals surface area contributed by atoms with E-state index in [0.29, 0.717) is 17.4 Å². The number of tetrazole rings is 1. The number of thiophene rings is 1. The Balaban J connectivity index is 1.45. The van der Waals surface area contributed by atoms with Crippen LogP contribution in [-0.4, -0.2) is 42.1 Å². The zero-order valence-corrected chi connectivity index (χ0v) is 20.6. The fourth-order valence-electron chi connectivity index (χ4n) is 4.74. The third kappa shape index (κ3) is 5.20. The lowest BCUT2D eigenvalue weighted by Gasteiger charge is -2.47. The van der Waals surface area contributed by atoms with E-state index in [-0.39, 0.29) is 16.9 Å². The van der Waals surface area contributed by atoms with Crippen molar-refractivity contribution >= 4 is 11.3 Å². The fourth-order valence-corrected chi connectivity index (χ4v) is 5.63.